The Morgan fingerprint density at radius 1 is 1.16 bits per heavy atom. The predicted octanol–water partition coefficient (Wildman–Crippen LogP) is 2.91. The molecule has 8 heteroatoms. The number of ether oxygens (including phenoxy) is 1. The highest BCUT2D eigenvalue weighted by Gasteiger charge is 2.23. The van der Waals surface area contributed by atoms with E-state index in [0.717, 1.165) is 43.1 Å². The fourth-order valence-corrected chi connectivity index (χ4v) is 4.90. The molecule has 0 saturated carbocycles. The highest BCUT2D eigenvalue weighted by atomic mass is 16.5. The summed E-state index contributed by atoms with van der Waals surface area (Å²) in [5, 5.41) is 5.47. The molecule has 1 fully saturated rings. The SMILES string of the molecule is COc1cc(C(C)C)c2c(=O)[nH]c(N3CCc4nn(CCN5CCCC5)cc4C3)nc2c1. The molecule has 32 heavy (non-hydrogen) atoms. The van der Waals surface area contributed by atoms with Crippen LogP contribution in [0.5, 0.6) is 5.75 Å². The number of fused-ring (bicyclic) bond motifs is 2. The molecule has 2 aromatic heterocycles. The van der Waals surface area contributed by atoms with E-state index in [1.165, 1.54) is 31.5 Å². The third-order valence-electron chi connectivity index (χ3n) is 6.71. The molecular formula is C24H32N6O2. The zero-order valence-electron chi connectivity index (χ0n) is 19.2. The third-order valence-corrected chi connectivity index (χ3v) is 6.71. The lowest BCUT2D eigenvalue weighted by molar-refractivity contribution is 0.315. The van der Waals surface area contributed by atoms with Gasteiger partial charge in [-0.25, -0.2) is 4.98 Å². The van der Waals surface area contributed by atoms with Gasteiger partial charge in [-0.3, -0.25) is 14.5 Å². The Hall–Kier alpha value is -2.87. The molecule has 0 amide bonds. The monoisotopic (exact) mass is 436 g/mol. The van der Waals surface area contributed by atoms with Crippen LogP contribution in [0.15, 0.2) is 23.1 Å². The van der Waals surface area contributed by atoms with Gasteiger partial charge in [0.25, 0.3) is 5.56 Å². The molecule has 0 aliphatic carbocycles. The van der Waals surface area contributed by atoms with Crippen LogP contribution in [0.3, 0.4) is 0 Å². The normalized spacial score (nSPS) is 16.8. The zero-order chi connectivity index (χ0) is 22.2. The molecule has 1 aromatic carbocycles. The number of benzene rings is 1. The van der Waals surface area contributed by atoms with Gasteiger partial charge in [0, 0.05) is 43.9 Å². The van der Waals surface area contributed by atoms with Crippen LogP contribution in [0, 0.1) is 0 Å². The molecular weight excluding hydrogens is 404 g/mol. The largest absolute Gasteiger partial charge is 0.497 e. The summed E-state index contributed by atoms with van der Waals surface area (Å²) in [7, 11) is 1.65. The standard InChI is InChI=1S/C24H32N6O2/c1-16(2)19-12-18(32-3)13-21-22(19)23(31)26-24(25-21)29-9-6-20-17(14-29)15-30(27-20)11-10-28-7-4-5-8-28/h12-13,15-16H,4-11,14H2,1-3H3,(H,25,26,31). The smallest absolute Gasteiger partial charge is 0.260 e. The van der Waals surface area contributed by atoms with Crippen molar-refractivity contribution in [2.45, 2.75) is 52.1 Å². The lowest BCUT2D eigenvalue weighted by atomic mass is 9.98. The van der Waals surface area contributed by atoms with Gasteiger partial charge >= 0.3 is 0 Å². The van der Waals surface area contributed by atoms with E-state index in [1.54, 1.807) is 7.11 Å². The topological polar surface area (TPSA) is 79.3 Å². The van der Waals surface area contributed by atoms with Crippen LogP contribution in [0.25, 0.3) is 10.9 Å². The summed E-state index contributed by atoms with van der Waals surface area (Å²) in [6, 6.07) is 3.79. The molecule has 8 nitrogen and oxygen atoms in total. The highest BCUT2D eigenvalue weighted by molar-refractivity contribution is 5.84. The number of nitrogens with zero attached hydrogens (tertiary/aromatic N) is 5. The molecule has 3 aromatic rings. The van der Waals surface area contributed by atoms with E-state index in [4.69, 9.17) is 14.8 Å². The fraction of sp³-hybridized carbons (Fsp3) is 0.542. The summed E-state index contributed by atoms with van der Waals surface area (Å²) < 4.78 is 7.55. The minimum Gasteiger partial charge on any atom is -0.497 e. The minimum atomic E-state index is -0.0940. The fourth-order valence-electron chi connectivity index (χ4n) is 4.90. The third kappa shape index (κ3) is 3.99. The number of aromatic nitrogens is 4. The van der Waals surface area contributed by atoms with Crippen molar-refractivity contribution in [2.24, 2.45) is 0 Å². The molecule has 2 aliphatic rings. The number of hydrogen-bond acceptors (Lipinski definition) is 6. The Morgan fingerprint density at radius 2 is 1.97 bits per heavy atom. The second-order valence-corrected chi connectivity index (χ2v) is 9.24. The number of nitrogens with one attached hydrogen (secondary N) is 1. The molecule has 170 valence electrons. The average Bonchev–Trinajstić information content (AvgIpc) is 3.45. The van der Waals surface area contributed by atoms with Crippen molar-refractivity contribution in [1.29, 1.82) is 0 Å². The van der Waals surface area contributed by atoms with Gasteiger partial charge in [-0.05, 0) is 43.5 Å². The molecule has 0 unspecified atom stereocenters. The second-order valence-electron chi connectivity index (χ2n) is 9.24. The second kappa shape index (κ2) is 8.58. The van der Waals surface area contributed by atoms with Gasteiger partial charge in [0.05, 0.1) is 30.3 Å². The van der Waals surface area contributed by atoms with Crippen molar-refractivity contribution in [1.82, 2.24) is 24.6 Å². The Morgan fingerprint density at radius 3 is 2.72 bits per heavy atom. The van der Waals surface area contributed by atoms with E-state index in [1.807, 2.05) is 12.1 Å². The number of methoxy groups -OCH3 is 1. The molecule has 2 aliphatic heterocycles. The Bertz CT molecular complexity index is 1180. The number of anilines is 1. The van der Waals surface area contributed by atoms with Crippen LogP contribution < -0.4 is 15.2 Å². The lowest BCUT2D eigenvalue weighted by Crippen LogP contribution is -2.33. The highest BCUT2D eigenvalue weighted by Crippen LogP contribution is 2.29. The van der Waals surface area contributed by atoms with Crippen molar-refractivity contribution < 1.29 is 4.74 Å². The van der Waals surface area contributed by atoms with Crippen molar-refractivity contribution >= 4 is 16.9 Å². The summed E-state index contributed by atoms with van der Waals surface area (Å²) >= 11 is 0. The van der Waals surface area contributed by atoms with Gasteiger partial charge in [0.1, 0.15) is 5.75 Å². The van der Waals surface area contributed by atoms with Crippen LogP contribution in [-0.2, 0) is 19.5 Å². The summed E-state index contributed by atoms with van der Waals surface area (Å²) in [5.41, 5.74) is 3.92. The minimum absolute atomic E-state index is 0.0940. The van der Waals surface area contributed by atoms with Crippen LogP contribution in [-0.4, -0.2) is 57.9 Å². The maximum Gasteiger partial charge on any atom is 0.260 e. The summed E-state index contributed by atoms with van der Waals surface area (Å²) in [6.07, 6.45) is 5.64. The molecule has 0 radical (unpaired) electrons. The van der Waals surface area contributed by atoms with Crippen molar-refractivity contribution in [3.63, 3.8) is 0 Å². The van der Waals surface area contributed by atoms with Gasteiger partial charge < -0.3 is 14.5 Å². The zero-order valence-corrected chi connectivity index (χ0v) is 19.2. The average molecular weight is 437 g/mol. The predicted molar refractivity (Wildman–Crippen MR) is 126 cm³/mol. The maximum absolute atomic E-state index is 13.0. The van der Waals surface area contributed by atoms with E-state index in [0.29, 0.717) is 23.4 Å². The number of H-pyrrole nitrogens is 1. The number of likely N-dealkylation sites (tertiary alicyclic amines) is 1. The van der Waals surface area contributed by atoms with Gasteiger partial charge in [0.2, 0.25) is 5.95 Å². The summed E-state index contributed by atoms with van der Waals surface area (Å²) in [4.78, 5) is 25.6. The summed E-state index contributed by atoms with van der Waals surface area (Å²) in [6.45, 7) is 10.0. The Labute approximate surface area is 188 Å². The van der Waals surface area contributed by atoms with Gasteiger partial charge in [-0.15, -0.1) is 0 Å². The number of rotatable bonds is 6. The molecule has 4 heterocycles. The Kier molecular flexibility index (Phi) is 5.63. The lowest BCUT2D eigenvalue weighted by Gasteiger charge is -2.27. The molecule has 0 atom stereocenters. The van der Waals surface area contributed by atoms with E-state index in [2.05, 4.69) is 39.5 Å². The van der Waals surface area contributed by atoms with E-state index in [9.17, 15) is 4.79 Å². The molecule has 0 spiro atoms. The van der Waals surface area contributed by atoms with Crippen LogP contribution in [0.1, 0.15) is 49.4 Å². The van der Waals surface area contributed by atoms with E-state index >= 15 is 0 Å². The first-order valence-corrected chi connectivity index (χ1v) is 11.7. The van der Waals surface area contributed by atoms with Crippen molar-refractivity contribution in [3.05, 3.63) is 45.5 Å². The van der Waals surface area contributed by atoms with Gasteiger partial charge in [-0.2, -0.15) is 5.10 Å². The van der Waals surface area contributed by atoms with E-state index < -0.39 is 0 Å². The first kappa shape index (κ1) is 21.0. The van der Waals surface area contributed by atoms with Crippen molar-refractivity contribution in [2.75, 3.05) is 38.2 Å². The van der Waals surface area contributed by atoms with E-state index in [-0.39, 0.29) is 11.5 Å². The molecule has 1 N–H and O–H groups in total. The first-order chi connectivity index (χ1) is 15.5. The summed E-state index contributed by atoms with van der Waals surface area (Å²) in [5.74, 6) is 1.54. The van der Waals surface area contributed by atoms with Crippen LogP contribution >= 0.6 is 0 Å². The van der Waals surface area contributed by atoms with Crippen molar-refractivity contribution in [3.8, 4) is 5.75 Å². The van der Waals surface area contributed by atoms with Gasteiger partial charge in [-0.1, -0.05) is 13.8 Å². The van der Waals surface area contributed by atoms with Gasteiger partial charge in [0.15, 0.2) is 0 Å². The number of hydrogen-bond donors (Lipinski definition) is 1. The van der Waals surface area contributed by atoms with Crippen LogP contribution in [0.4, 0.5) is 5.95 Å². The first-order valence-electron chi connectivity index (χ1n) is 11.7. The quantitative estimate of drug-likeness (QED) is 0.640. The number of aromatic amines is 1. The van der Waals surface area contributed by atoms with Crippen LogP contribution in [0.2, 0.25) is 0 Å². The maximum atomic E-state index is 13.0. The molecule has 5 rings (SSSR count). The Balaban J connectivity index is 1.40. The molecule has 1 saturated heterocycles. The molecule has 0 bridgehead atoms.